The third-order valence-corrected chi connectivity index (χ3v) is 4.68. The van der Waals surface area contributed by atoms with E-state index in [1.165, 1.54) is 22.3 Å². The molecule has 0 unspecified atom stereocenters. The maximum absolute atomic E-state index is 13.2. The van der Waals surface area contributed by atoms with Crippen molar-refractivity contribution in [3.05, 3.63) is 106 Å². The average molecular weight is 382 g/mol. The lowest BCUT2D eigenvalue weighted by molar-refractivity contribution is 0.0697. The first-order chi connectivity index (χ1) is 14.0. The van der Waals surface area contributed by atoms with Crippen LogP contribution in [0.5, 0.6) is 0 Å². The molecule has 0 aliphatic carbocycles. The molecule has 1 aromatic heterocycles. The van der Waals surface area contributed by atoms with Gasteiger partial charge in [-0.3, -0.25) is 9.36 Å². The Hall–Kier alpha value is -3.99. The summed E-state index contributed by atoms with van der Waals surface area (Å²) in [6.07, 6.45) is 3.70. The molecule has 29 heavy (non-hydrogen) atoms. The highest BCUT2D eigenvalue weighted by molar-refractivity contribution is 5.88. The lowest BCUT2D eigenvalue weighted by Gasteiger charge is -2.11. The van der Waals surface area contributed by atoms with E-state index in [0.29, 0.717) is 22.4 Å². The number of para-hydroxylation sites is 1. The predicted molar refractivity (Wildman–Crippen MR) is 114 cm³/mol. The van der Waals surface area contributed by atoms with Crippen molar-refractivity contribution >= 4 is 29.0 Å². The van der Waals surface area contributed by atoms with Crippen LogP contribution in [0, 0.1) is 6.92 Å². The molecule has 0 amide bonds. The van der Waals surface area contributed by atoms with Gasteiger partial charge in [0.25, 0.3) is 5.56 Å². The maximum atomic E-state index is 13.2. The lowest BCUT2D eigenvalue weighted by Crippen LogP contribution is -2.22. The summed E-state index contributed by atoms with van der Waals surface area (Å²) in [6.45, 7) is 2.02. The van der Waals surface area contributed by atoms with E-state index in [4.69, 9.17) is 5.11 Å². The predicted octanol–water partition coefficient (Wildman–Crippen LogP) is 4.56. The quantitative estimate of drug-likeness (QED) is 0.561. The van der Waals surface area contributed by atoms with Crippen molar-refractivity contribution in [3.63, 3.8) is 0 Å². The molecular formula is C24H18N2O3. The van der Waals surface area contributed by atoms with Gasteiger partial charge in [0.05, 0.1) is 22.2 Å². The highest BCUT2D eigenvalue weighted by Gasteiger charge is 2.12. The minimum Gasteiger partial charge on any atom is -0.478 e. The van der Waals surface area contributed by atoms with Crippen LogP contribution in [-0.4, -0.2) is 20.6 Å². The standard InChI is InChI=1S/C24H18N2O3/c1-16-6-8-17(9-7-16)10-15-22-25-21-5-3-2-4-20(21)23(27)26(22)19-13-11-18(12-14-19)24(28)29/h2-15H,1H3,(H,28,29)/b15-10+. The Bertz CT molecular complexity index is 1280. The Kier molecular flexibility index (Phi) is 4.79. The lowest BCUT2D eigenvalue weighted by atomic mass is 10.1. The molecule has 0 atom stereocenters. The van der Waals surface area contributed by atoms with Gasteiger partial charge in [-0.2, -0.15) is 0 Å². The van der Waals surface area contributed by atoms with Gasteiger partial charge in [-0.05, 0) is 55.0 Å². The second-order valence-electron chi connectivity index (χ2n) is 6.72. The zero-order valence-electron chi connectivity index (χ0n) is 15.7. The number of nitrogens with zero attached hydrogens (tertiary/aromatic N) is 2. The van der Waals surface area contributed by atoms with Gasteiger partial charge in [0.1, 0.15) is 5.82 Å². The second-order valence-corrected chi connectivity index (χ2v) is 6.72. The van der Waals surface area contributed by atoms with Crippen LogP contribution < -0.4 is 5.56 Å². The molecule has 0 aliphatic heterocycles. The van der Waals surface area contributed by atoms with Crippen LogP contribution in [0.3, 0.4) is 0 Å². The molecule has 4 aromatic rings. The van der Waals surface area contributed by atoms with Crippen molar-refractivity contribution in [1.29, 1.82) is 0 Å². The Balaban J connectivity index is 1.89. The molecular weight excluding hydrogens is 364 g/mol. The van der Waals surface area contributed by atoms with Crippen LogP contribution in [0.4, 0.5) is 0 Å². The minimum atomic E-state index is -1.01. The van der Waals surface area contributed by atoms with Crippen LogP contribution in [0.25, 0.3) is 28.7 Å². The number of benzene rings is 3. The smallest absolute Gasteiger partial charge is 0.335 e. The van der Waals surface area contributed by atoms with E-state index >= 15 is 0 Å². The number of carboxylic acid groups (broad SMARTS) is 1. The fraction of sp³-hybridized carbons (Fsp3) is 0.0417. The van der Waals surface area contributed by atoms with E-state index < -0.39 is 5.97 Å². The number of carboxylic acids is 1. The molecule has 4 rings (SSSR count). The molecule has 3 aromatic carbocycles. The van der Waals surface area contributed by atoms with Gasteiger partial charge in [-0.1, -0.05) is 48.0 Å². The number of aromatic carboxylic acids is 1. The number of fused-ring (bicyclic) bond motifs is 1. The van der Waals surface area contributed by atoms with Gasteiger partial charge in [-0.15, -0.1) is 0 Å². The first kappa shape index (κ1) is 18.4. The zero-order valence-corrected chi connectivity index (χ0v) is 15.7. The van der Waals surface area contributed by atoms with Gasteiger partial charge in [0, 0.05) is 0 Å². The van der Waals surface area contributed by atoms with Crippen molar-refractivity contribution in [1.82, 2.24) is 9.55 Å². The van der Waals surface area contributed by atoms with Gasteiger partial charge in [0.15, 0.2) is 0 Å². The average Bonchev–Trinajstić information content (AvgIpc) is 2.73. The largest absolute Gasteiger partial charge is 0.478 e. The van der Waals surface area contributed by atoms with Crippen LogP contribution in [0.2, 0.25) is 0 Å². The summed E-state index contributed by atoms with van der Waals surface area (Å²) in [4.78, 5) is 29.0. The van der Waals surface area contributed by atoms with Crippen LogP contribution >= 0.6 is 0 Å². The van der Waals surface area contributed by atoms with Crippen molar-refractivity contribution in [2.45, 2.75) is 6.92 Å². The van der Waals surface area contributed by atoms with Gasteiger partial charge < -0.3 is 5.11 Å². The van der Waals surface area contributed by atoms with E-state index in [1.807, 2.05) is 43.3 Å². The molecule has 0 saturated heterocycles. The van der Waals surface area contributed by atoms with Crippen LogP contribution in [0.1, 0.15) is 27.3 Å². The molecule has 5 heteroatoms. The molecule has 142 valence electrons. The van der Waals surface area contributed by atoms with E-state index in [9.17, 15) is 9.59 Å². The summed E-state index contributed by atoms with van der Waals surface area (Å²) in [5, 5.41) is 9.64. The molecule has 0 spiro atoms. The third kappa shape index (κ3) is 3.71. The SMILES string of the molecule is Cc1ccc(/C=C/c2nc3ccccc3c(=O)n2-c2ccc(C(=O)O)cc2)cc1. The number of hydrogen-bond acceptors (Lipinski definition) is 3. The molecule has 1 N–H and O–H groups in total. The van der Waals surface area contributed by atoms with Crippen LogP contribution in [-0.2, 0) is 0 Å². The van der Waals surface area contributed by atoms with E-state index in [-0.39, 0.29) is 11.1 Å². The van der Waals surface area contributed by atoms with Crippen molar-refractivity contribution in [3.8, 4) is 5.69 Å². The Labute approximate surface area is 167 Å². The maximum Gasteiger partial charge on any atom is 0.335 e. The van der Waals surface area contributed by atoms with Gasteiger partial charge in [-0.25, -0.2) is 9.78 Å². The Morgan fingerprint density at radius 1 is 0.931 bits per heavy atom. The summed E-state index contributed by atoms with van der Waals surface area (Å²) in [5.41, 5.74) is 3.28. The summed E-state index contributed by atoms with van der Waals surface area (Å²) in [6, 6.07) is 21.4. The van der Waals surface area contributed by atoms with E-state index in [2.05, 4.69) is 4.98 Å². The number of rotatable bonds is 4. The Morgan fingerprint density at radius 2 is 1.62 bits per heavy atom. The number of aromatic nitrogens is 2. The fourth-order valence-corrected chi connectivity index (χ4v) is 3.11. The number of carbonyl (C=O) groups is 1. The van der Waals surface area contributed by atoms with Gasteiger partial charge in [0.2, 0.25) is 0 Å². The van der Waals surface area contributed by atoms with E-state index in [0.717, 1.165) is 5.56 Å². The van der Waals surface area contributed by atoms with Crippen molar-refractivity contribution in [2.24, 2.45) is 0 Å². The summed E-state index contributed by atoms with van der Waals surface area (Å²) >= 11 is 0. The topological polar surface area (TPSA) is 72.2 Å². The molecule has 1 heterocycles. The molecule has 0 bridgehead atoms. The summed E-state index contributed by atoms with van der Waals surface area (Å²) < 4.78 is 1.50. The van der Waals surface area contributed by atoms with Crippen LogP contribution in [0.15, 0.2) is 77.6 Å². The monoisotopic (exact) mass is 382 g/mol. The molecule has 0 saturated carbocycles. The summed E-state index contributed by atoms with van der Waals surface area (Å²) in [7, 11) is 0. The summed E-state index contributed by atoms with van der Waals surface area (Å²) in [5.74, 6) is -0.544. The number of aryl methyl sites for hydroxylation is 1. The highest BCUT2D eigenvalue weighted by Crippen LogP contribution is 2.16. The van der Waals surface area contributed by atoms with Gasteiger partial charge >= 0.3 is 5.97 Å². The third-order valence-electron chi connectivity index (χ3n) is 4.68. The second kappa shape index (κ2) is 7.56. The van der Waals surface area contributed by atoms with Crippen molar-refractivity contribution in [2.75, 3.05) is 0 Å². The zero-order chi connectivity index (χ0) is 20.4. The first-order valence-corrected chi connectivity index (χ1v) is 9.13. The molecule has 5 nitrogen and oxygen atoms in total. The highest BCUT2D eigenvalue weighted by atomic mass is 16.4. The first-order valence-electron chi connectivity index (χ1n) is 9.13. The fourth-order valence-electron chi connectivity index (χ4n) is 3.11. The molecule has 0 radical (unpaired) electrons. The van der Waals surface area contributed by atoms with Crippen molar-refractivity contribution < 1.29 is 9.90 Å². The Morgan fingerprint density at radius 3 is 2.31 bits per heavy atom. The molecule has 0 fully saturated rings. The normalized spacial score (nSPS) is 11.2. The van der Waals surface area contributed by atoms with E-state index in [1.54, 1.807) is 36.4 Å². The number of hydrogen-bond donors (Lipinski definition) is 1. The molecule has 0 aliphatic rings. The minimum absolute atomic E-state index is 0.160.